The molecule has 0 aliphatic heterocycles. The SMILES string of the molecule is CNc1cc(C(=O)N(C)C(C)CC(C)C)cc(C)n1. The normalized spacial score (nSPS) is 12.4. The van der Waals surface area contributed by atoms with Crippen molar-refractivity contribution in [2.24, 2.45) is 5.92 Å². The van der Waals surface area contributed by atoms with E-state index in [1.54, 1.807) is 13.1 Å². The highest BCUT2D eigenvalue weighted by molar-refractivity contribution is 5.95. The number of amides is 1. The molecule has 1 atom stereocenters. The Hall–Kier alpha value is -1.58. The molecule has 1 rings (SSSR count). The molecule has 0 fully saturated rings. The molecule has 0 saturated carbocycles. The molecule has 1 heterocycles. The Morgan fingerprint density at radius 2 is 2.00 bits per heavy atom. The first-order valence-electron chi connectivity index (χ1n) is 6.78. The third-order valence-electron chi connectivity index (χ3n) is 3.25. The highest BCUT2D eigenvalue weighted by atomic mass is 16.2. The predicted molar refractivity (Wildman–Crippen MR) is 79.5 cm³/mol. The van der Waals surface area contributed by atoms with Crippen molar-refractivity contribution < 1.29 is 4.79 Å². The van der Waals surface area contributed by atoms with Gasteiger partial charge in [-0.1, -0.05) is 13.8 Å². The first-order chi connectivity index (χ1) is 8.85. The molecule has 0 aliphatic carbocycles. The average molecular weight is 263 g/mol. The molecule has 0 radical (unpaired) electrons. The molecule has 4 nitrogen and oxygen atoms in total. The fourth-order valence-electron chi connectivity index (χ4n) is 2.16. The van der Waals surface area contributed by atoms with Gasteiger partial charge < -0.3 is 10.2 Å². The number of aromatic nitrogens is 1. The van der Waals surface area contributed by atoms with Gasteiger partial charge in [-0.2, -0.15) is 0 Å². The number of rotatable bonds is 5. The lowest BCUT2D eigenvalue weighted by molar-refractivity contribution is 0.0728. The largest absolute Gasteiger partial charge is 0.373 e. The standard InChI is InChI=1S/C15H25N3O/c1-10(2)7-12(4)18(6)15(19)13-8-11(3)17-14(9-13)16-5/h8-10,12H,7H2,1-6H3,(H,16,17). The van der Waals surface area contributed by atoms with Crippen LogP contribution in [0, 0.1) is 12.8 Å². The minimum Gasteiger partial charge on any atom is -0.373 e. The van der Waals surface area contributed by atoms with Crippen molar-refractivity contribution in [3.8, 4) is 0 Å². The number of carbonyl (C=O) groups excluding carboxylic acids is 1. The molecule has 0 aromatic carbocycles. The van der Waals surface area contributed by atoms with Crippen LogP contribution in [0.2, 0.25) is 0 Å². The Kier molecular flexibility index (Phi) is 5.33. The molecule has 1 aromatic heterocycles. The van der Waals surface area contributed by atoms with Crippen LogP contribution in [-0.4, -0.2) is 35.9 Å². The lowest BCUT2D eigenvalue weighted by atomic mass is 10.0. The van der Waals surface area contributed by atoms with Crippen LogP contribution in [0.15, 0.2) is 12.1 Å². The topological polar surface area (TPSA) is 45.2 Å². The lowest BCUT2D eigenvalue weighted by Crippen LogP contribution is -2.36. The summed E-state index contributed by atoms with van der Waals surface area (Å²) in [4.78, 5) is 18.6. The second-order valence-corrected chi connectivity index (χ2v) is 5.53. The van der Waals surface area contributed by atoms with Crippen molar-refractivity contribution in [2.75, 3.05) is 19.4 Å². The van der Waals surface area contributed by atoms with Gasteiger partial charge in [0.1, 0.15) is 5.82 Å². The van der Waals surface area contributed by atoms with Gasteiger partial charge in [0.05, 0.1) is 0 Å². The van der Waals surface area contributed by atoms with E-state index < -0.39 is 0 Å². The summed E-state index contributed by atoms with van der Waals surface area (Å²) in [6, 6.07) is 3.87. The molecule has 0 saturated heterocycles. The minimum absolute atomic E-state index is 0.0511. The van der Waals surface area contributed by atoms with Gasteiger partial charge in [-0.25, -0.2) is 4.98 Å². The maximum Gasteiger partial charge on any atom is 0.254 e. The number of anilines is 1. The Balaban J connectivity index is 2.90. The summed E-state index contributed by atoms with van der Waals surface area (Å²) < 4.78 is 0. The highest BCUT2D eigenvalue weighted by Gasteiger charge is 2.19. The van der Waals surface area contributed by atoms with Crippen LogP contribution in [0.5, 0.6) is 0 Å². The zero-order valence-corrected chi connectivity index (χ0v) is 12.8. The third-order valence-corrected chi connectivity index (χ3v) is 3.25. The summed E-state index contributed by atoms with van der Waals surface area (Å²) in [7, 11) is 3.67. The van der Waals surface area contributed by atoms with Gasteiger partial charge in [0.15, 0.2) is 0 Å². The molecule has 0 aliphatic rings. The van der Waals surface area contributed by atoms with Crippen LogP contribution in [0.1, 0.15) is 43.2 Å². The first kappa shape index (κ1) is 15.5. The number of hydrogen-bond donors (Lipinski definition) is 1. The molecule has 4 heteroatoms. The summed E-state index contributed by atoms with van der Waals surface area (Å²) in [5.74, 6) is 1.36. The lowest BCUT2D eigenvalue weighted by Gasteiger charge is -2.26. The fourth-order valence-corrected chi connectivity index (χ4v) is 2.16. The molecule has 1 amide bonds. The van der Waals surface area contributed by atoms with E-state index >= 15 is 0 Å². The van der Waals surface area contributed by atoms with Gasteiger partial charge in [0, 0.05) is 31.4 Å². The second kappa shape index (κ2) is 6.55. The molecule has 1 unspecified atom stereocenters. The molecular weight excluding hydrogens is 238 g/mol. The van der Waals surface area contributed by atoms with Gasteiger partial charge in [-0.05, 0) is 38.3 Å². The van der Waals surface area contributed by atoms with Crippen LogP contribution >= 0.6 is 0 Å². The smallest absolute Gasteiger partial charge is 0.254 e. The van der Waals surface area contributed by atoms with E-state index in [-0.39, 0.29) is 11.9 Å². The van der Waals surface area contributed by atoms with Crippen LogP contribution in [0.3, 0.4) is 0 Å². The number of pyridine rings is 1. The zero-order chi connectivity index (χ0) is 14.6. The maximum absolute atomic E-state index is 12.5. The van der Waals surface area contributed by atoms with Crippen LogP contribution in [0.25, 0.3) is 0 Å². The van der Waals surface area contributed by atoms with E-state index in [1.165, 1.54) is 0 Å². The summed E-state index contributed by atoms with van der Waals surface area (Å²) in [6.07, 6.45) is 1.01. The zero-order valence-electron chi connectivity index (χ0n) is 12.8. The number of carbonyl (C=O) groups is 1. The van der Waals surface area contributed by atoms with E-state index in [0.717, 1.165) is 17.9 Å². The summed E-state index contributed by atoms with van der Waals surface area (Å²) in [5.41, 5.74) is 1.54. The monoisotopic (exact) mass is 263 g/mol. The maximum atomic E-state index is 12.5. The van der Waals surface area contributed by atoms with Gasteiger partial charge in [-0.15, -0.1) is 0 Å². The van der Waals surface area contributed by atoms with Gasteiger partial charge in [-0.3, -0.25) is 4.79 Å². The Bertz CT molecular complexity index is 443. The van der Waals surface area contributed by atoms with Gasteiger partial charge in [0.25, 0.3) is 5.91 Å². The number of hydrogen-bond acceptors (Lipinski definition) is 3. The van der Waals surface area contributed by atoms with Crippen molar-refractivity contribution in [1.82, 2.24) is 9.88 Å². The fraction of sp³-hybridized carbons (Fsp3) is 0.600. The average Bonchev–Trinajstić information content (AvgIpc) is 2.35. The van der Waals surface area contributed by atoms with E-state index in [0.29, 0.717) is 11.5 Å². The van der Waals surface area contributed by atoms with Crippen molar-refractivity contribution in [2.45, 2.75) is 40.2 Å². The number of nitrogens with zero attached hydrogens (tertiary/aromatic N) is 2. The second-order valence-electron chi connectivity index (χ2n) is 5.53. The Morgan fingerprint density at radius 3 is 2.53 bits per heavy atom. The quantitative estimate of drug-likeness (QED) is 0.888. The van der Waals surface area contributed by atoms with E-state index in [9.17, 15) is 4.79 Å². The van der Waals surface area contributed by atoms with Crippen molar-refractivity contribution in [3.05, 3.63) is 23.4 Å². The van der Waals surface area contributed by atoms with Crippen LogP contribution < -0.4 is 5.32 Å². The molecule has 19 heavy (non-hydrogen) atoms. The molecule has 1 aromatic rings. The molecule has 0 spiro atoms. The molecular formula is C15H25N3O. The van der Waals surface area contributed by atoms with Crippen molar-refractivity contribution >= 4 is 11.7 Å². The van der Waals surface area contributed by atoms with Gasteiger partial charge in [0.2, 0.25) is 0 Å². The summed E-state index contributed by atoms with van der Waals surface area (Å²) in [5, 5.41) is 2.98. The first-order valence-corrected chi connectivity index (χ1v) is 6.78. The third kappa shape index (κ3) is 4.23. The molecule has 1 N–H and O–H groups in total. The Labute approximate surface area is 116 Å². The van der Waals surface area contributed by atoms with E-state index in [1.807, 2.05) is 24.9 Å². The minimum atomic E-state index is 0.0511. The Morgan fingerprint density at radius 1 is 1.37 bits per heavy atom. The summed E-state index contributed by atoms with van der Waals surface area (Å²) >= 11 is 0. The van der Waals surface area contributed by atoms with Crippen molar-refractivity contribution in [1.29, 1.82) is 0 Å². The summed E-state index contributed by atoms with van der Waals surface area (Å²) in [6.45, 7) is 8.33. The van der Waals surface area contributed by atoms with Crippen LogP contribution in [-0.2, 0) is 0 Å². The molecule has 0 bridgehead atoms. The van der Waals surface area contributed by atoms with E-state index in [4.69, 9.17) is 0 Å². The predicted octanol–water partition coefficient (Wildman–Crippen LogP) is 2.94. The van der Waals surface area contributed by atoms with Gasteiger partial charge >= 0.3 is 0 Å². The highest BCUT2D eigenvalue weighted by Crippen LogP contribution is 2.15. The van der Waals surface area contributed by atoms with E-state index in [2.05, 4.69) is 31.1 Å². The van der Waals surface area contributed by atoms with Crippen LogP contribution in [0.4, 0.5) is 5.82 Å². The molecule has 106 valence electrons. The van der Waals surface area contributed by atoms with Crippen molar-refractivity contribution in [3.63, 3.8) is 0 Å². The number of nitrogens with one attached hydrogen (secondary N) is 1. The number of aryl methyl sites for hydroxylation is 1.